The van der Waals surface area contributed by atoms with Gasteiger partial charge in [-0.1, -0.05) is 147 Å². The van der Waals surface area contributed by atoms with Gasteiger partial charge in [-0.05, 0) is 90.6 Å². The van der Waals surface area contributed by atoms with Gasteiger partial charge in [-0.3, -0.25) is 0 Å². The molecule has 1 nitrogen and oxygen atoms in total. The number of benzene rings is 8. The lowest BCUT2D eigenvalue weighted by Crippen LogP contribution is -2.16. The van der Waals surface area contributed by atoms with Crippen molar-refractivity contribution in [1.82, 2.24) is 0 Å². The maximum Gasteiger partial charge on any atom is 0.0546 e. The summed E-state index contributed by atoms with van der Waals surface area (Å²) in [4.78, 5) is 2.46. The monoisotopic (exact) mass is 587 g/mol. The Morgan fingerprint density at radius 3 is 1.85 bits per heavy atom. The van der Waals surface area contributed by atoms with Crippen molar-refractivity contribution in [2.75, 3.05) is 4.90 Å². The van der Waals surface area contributed by atoms with E-state index >= 15 is 0 Å². The number of nitrogens with zero attached hydrogens (tertiary/aromatic N) is 1. The number of rotatable bonds is 4. The minimum Gasteiger partial charge on any atom is -0.310 e. The van der Waals surface area contributed by atoms with Gasteiger partial charge in [0.2, 0.25) is 0 Å². The van der Waals surface area contributed by atoms with Crippen LogP contribution in [0.3, 0.4) is 0 Å². The zero-order chi connectivity index (χ0) is 30.8. The fraction of sp³-hybridized carbons (Fsp3) is 0.0667. The fourth-order valence-electron chi connectivity index (χ4n) is 7.74. The van der Waals surface area contributed by atoms with Crippen LogP contribution in [0.25, 0.3) is 54.6 Å². The van der Waals surface area contributed by atoms with Crippen molar-refractivity contribution in [1.29, 1.82) is 0 Å². The third-order valence-electron chi connectivity index (χ3n) is 10.0. The lowest BCUT2D eigenvalue weighted by Gasteiger charge is -2.30. The molecule has 218 valence electrons. The summed E-state index contributed by atoms with van der Waals surface area (Å²) in [6, 6.07) is 60.2. The molecule has 0 aliphatic heterocycles. The van der Waals surface area contributed by atoms with E-state index in [1.165, 1.54) is 71.4 Å². The van der Waals surface area contributed by atoms with Gasteiger partial charge in [0, 0.05) is 22.2 Å². The highest BCUT2D eigenvalue weighted by molar-refractivity contribution is 6.23. The molecular weight excluding hydrogens is 555 g/mol. The smallest absolute Gasteiger partial charge is 0.0546 e. The van der Waals surface area contributed by atoms with Crippen LogP contribution < -0.4 is 4.90 Å². The molecule has 0 heterocycles. The molecule has 0 saturated carbocycles. The second kappa shape index (κ2) is 10.2. The third kappa shape index (κ3) is 4.02. The van der Waals surface area contributed by atoms with Crippen molar-refractivity contribution in [2.24, 2.45) is 0 Å². The summed E-state index contributed by atoms with van der Waals surface area (Å²) in [6.07, 6.45) is 0. The van der Waals surface area contributed by atoms with Gasteiger partial charge in [-0.15, -0.1) is 0 Å². The van der Waals surface area contributed by atoms with Crippen LogP contribution in [0.15, 0.2) is 164 Å². The highest BCUT2D eigenvalue weighted by Crippen LogP contribution is 2.51. The zero-order valence-corrected chi connectivity index (χ0v) is 26.0. The van der Waals surface area contributed by atoms with Gasteiger partial charge < -0.3 is 4.90 Å². The van der Waals surface area contributed by atoms with E-state index in [9.17, 15) is 0 Å². The second-order valence-corrected chi connectivity index (χ2v) is 13.0. The van der Waals surface area contributed by atoms with Crippen LogP contribution in [-0.4, -0.2) is 0 Å². The minimum absolute atomic E-state index is 0.0882. The number of anilines is 3. The van der Waals surface area contributed by atoms with E-state index in [1.54, 1.807) is 0 Å². The Bertz CT molecular complexity index is 2430. The number of hydrogen-bond acceptors (Lipinski definition) is 1. The molecule has 8 aromatic rings. The molecule has 0 N–H and O–H groups in total. The van der Waals surface area contributed by atoms with Crippen LogP contribution in [0, 0.1) is 0 Å². The molecule has 1 aliphatic carbocycles. The van der Waals surface area contributed by atoms with Gasteiger partial charge in [0.25, 0.3) is 0 Å². The highest BCUT2D eigenvalue weighted by Gasteiger charge is 2.35. The lowest BCUT2D eigenvalue weighted by atomic mass is 9.82. The summed E-state index contributed by atoms with van der Waals surface area (Å²) in [6.45, 7) is 4.72. The molecule has 9 rings (SSSR count). The van der Waals surface area contributed by atoms with Crippen molar-refractivity contribution < 1.29 is 0 Å². The normalized spacial score (nSPS) is 13.2. The predicted molar refractivity (Wildman–Crippen MR) is 197 cm³/mol. The van der Waals surface area contributed by atoms with Crippen LogP contribution in [-0.2, 0) is 5.41 Å². The Kier molecular flexibility index (Phi) is 5.92. The summed E-state index contributed by atoms with van der Waals surface area (Å²) in [5.41, 5.74) is 11.3. The maximum atomic E-state index is 2.46. The summed E-state index contributed by atoms with van der Waals surface area (Å²) in [7, 11) is 0. The molecule has 1 aliphatic rings. The molecule has 0 saturated heterocycles. The van der Waals surface area contributed by atoms with Crippen LogP contribution >= 0.6 is 0 Å². The average Bonchev–Trinajstić information content (AvgIpc) is 3.34. The Hall–Kier alpha value is -5.66. The first-order chi connectivity index (χ1) is 22.6. The minimum atomic E-state index is -0.0882. The topological polar surface area (TPSA) is 3.24 Å². The molecular formula is C45H33N. The van der Waals surface area contributed by atoms with Crippen molar-refractivity contribution in [2.45, 2.75) is 19.3 Å². The van der Waals surface area contributed by atoms with Crippen molar-refractivity contribution in [3.63, 3.8) is 0 Å². The largest absolute Gasteiger partial charge is 0.310 e. The molecule has 0 amide bonds. The van der Waals surface area contributed by atoms with E-state index < -0.39 is 0 Å². The third-order valence-corrected chi connectivity index (χ3v) is 10.0. The van der Waals surface area contributed by atoms with Crippen molar-refractivity contribution >= 4 is 49.4 Å². The molecule has 0 radical (unpaired) electrons. The molecule has 46 heavy (non-hydrogen) atoms. The van der Waals surface area contributed by atoms with Crippen molar-refractivity contribution in [3.05, 3.63) is 175 Å². The summed E-state index contributed by atoms with van der Waals surface area (Å²) in [5.74, 6) is 0. The molecule has 0 unspecified atom stereocenters. The summed E-state index contributed by atoms with van der Waals surface area (Å²) in [5, 5.41) is 7.61. The fourth-order valence-corrected chi connectivity index (χ4v) is 7.74. The molecule has 0 atom stereocenters. The van der Waals surface area contributed by atoms with Gasteiger partial charge in [0.05, 0.1) is 5.69 Å². The Morgan fingerprint density at radius 1 is 0.413 bits per heavy atom. The zero-order valence-electron chi connectivity index (χ0n) is 26.0. The predicted octanol–water partition coefficient (Wildman–Crippen LogP) is 12.6. The maximum absolute atomic E-state index is 2.46. The quantitative estimate of drug-likeness (QED) is 0.185. The van der Waals surface area contributed by atoms with Crippen LogP contribution in [0.4, 0.5) is 17.1 Å². The van der Waals surface area contributed by atoms with E-state index in [4.69, 9.17) is 0 Å². The van der Waals surface area contributed by atoms with E-state index in [1.807, 2.05) is 0 Å². The number of fused-ring (bicyclic) bond motifs is 8. The van der Waals surface area contributed by atoms with Crippen LogP contribution in [0.5, 0.6) is 0 Å². The summed E-state index contributed by atoms with van der Waals surface area (Å²) >= 11 is 0. The van der Waals surface area contributed by atoms with E-state index in [0.717, 1.165) is 11.4 Å². The highest BCUT2D eigenvalue weighted by atomic mass is 15.1. The summed E-state index contributed by atoms with van der Waals surface area (Å²) < 4.78 is 0. The average molecular weight is 588 g/mol. The van der Waals surface area contributed by atoms with Crippen LogP contribution in [0.1, 0.15) is 25.0 Å². The first-order valence-corrected chi connectivity index (χ1v) is 16.1. The van der Waals surface area contributed by atoms with Crippen LogP contribution in [0.2, 0.25) is 0 Å². The SMILES string of the molecule is CC1(C)c2ccccc2-c2ccc(N(c3ccc(-c4ccccc4)cc3)c3cc4ccc5ccccc5c4c4ccccc34)cc21. The molecule has 0 fully saturated rings. The molecule has 0 bridgehead atoms. The molecule has 0 aromatic heterocycles. The van der Waals surface area contributed by atoms with Gasteiger partial charge in [0.1, 0.15) is 0 Å². The molecule has 0 spiro atoms. The second-order valence-electron chi connectivity index (χ2n) is 13.0. The Labute approximate surface area is 270 Å². The van der Waals surface area contributed by atoms with Gasteiger partial charge in [-0.25, -0.2) is 0 Å². The lowest BCUT2D eigenvalue weighted by molar-refractivity contribution is 0.660. The van der Waals surface area contributed by atoms with E-state index in [2.05, 4.69) is 183 Å². The first kappa shape index (κ1) is 26.7. The van der Waals surface area contributed by atoms with Gasteiger partial charge in [-0.2, -0.15) is 0 Å². The Morgan fingerprint density at radius 2 is 1.02 bits per heavy atom. The number of hydrogen-bond donors (Lipinski definition) is 0. The van der Waals surface area contributed by atoms with Gasteiger partial charge in [0.15, 0.2) is 0 Å². The van der Waals surface area contributed by atoms with E-state index in [0.29, 0.717) is 0 Å². The van der Waals surface area contributed by atoms with Crippen molar-refractivity contribution in [3.8, 4) is 22.3 Å². The van der Waals surface area contributed by atoms with E-state index in [-0.39, 0.29) is 5.41 Å². The standard InChI is InChI=1S/C45H33N/c1-45(2)41-19-11-10-16-37(41)38-27-26-35(29-42(38)45)46(34-24-22-31(23-25-34)30-12-4-3-5-13-30)43-28-33-21-20-32-14-6-7-15-36(32)44(33)40-18-9-8-17-39(40)43/h3-29H,1-2H3. The molecule has 1 heteroatoms. The molecule has 8 aromatic carbocycles. The first-order valence-electron chi connectivity index (χ1n) is 16.1. The Balaban J connectivity index is 1.31. The van der Waals surface area contributed by atoms with Gasteiger partial charge >= 0.3 is 0 Å².